The van der Waals surface area contributed by atoms with E-state index in [0.717, 1.165) is 12.8 Å². The van der Waals surface area contributed by atoms with Crippen molar-refractivity contribution in [3.8, 4) is 0 Å². The first kappa shape index (κ1) is 4.97. The van der Waals surface area contributed by atoms with E-state index in [-0.39, 0.29) is 6.17 Å². The Morgan fingerprint density at radius 2 is 2.67 bits per heavy atom. The van der Waals surface area contributed by atoms with E-state index in [9.17, 15) is 0 Å². The van der Waals surface area contributed by atoms with Gasteiger partial charge in [-0.05, 0) is 12.8 Å². The highest BCUT2D eigenvalue weighted by Gasteiger charge is 2.24. The maximum Gasteiger partial charge on any atom is 0.166 e. The van der Waals surface area contributed by atoms with Crippen LogP contribution in [0.15, 0.2) is 9.98 Å². The lowest BCUT2D eigenvalue weighted by molar-refractivity contribution is 0.504. The molecule has 0 bridgehead atoms. The van der Waals surface area contributed by atoms with Gasteiger partial charge in [-0.25, -0.2) is 0 Å². The smallest absolute Gasteiger partial charge is 0.166 e. The summed E-state index contributed by atoms with van der Waals surface area (Å²) in [6.07, 6.45) is 7.07. The van der Waals surface area contributed by atoms with Crippen LogP contribution in [-0.4, -0.2) is 24.8 Å². The molecule has 2 aliphatic heterocycles. The Labute approximate surface area is 53.9 Å². The van der Waals surface area contributed by atoms with E-state index in [0.29, 0.717) is 6.04 Å². The molecule has 0 saturated carbocycles. The molecule has 0 aromatic heterocycles. The van der Waals surface area contributed by atoms with Gasteiger partial charge in [-0.2, -0.15) is 0 Å². The predicted octanol–water partition coefficient (Wildman–Crippen LogP) is 0.0542. The van der Waals surface area contributed by atoms with Crippen molar-refractivity contribution in [1.29, 1.82) is 0 Å². The molecule has 0 aromatic carbocycles. The Kier molecular flexibility index (Phi) is 1.01. The number of nitrogens with one attached hydrogen (secondary N) is 1. The zero-order chi connectivity index (χ0) is 6.10. The molecule has 3 heteroatoms. The largest absolute Gasteiger partial charge is 0.344 e. The van der Waals surface area contributed by atoms with Gasteiger partial charge >= 0.3 is 0 Å². The van der Waals surface area contributed by atoms with E-state index in [1.54, 1.807) is 0 Å². The minimum absolute atomic E-state index is 0.207. The van der Waals surface area contributed by atoms with Gasteiger partial charge < -0.3 is 5.32 Å². The van der Waals surface area contributed by atoms with Crippen molar-refractivity contribution >= 4 is 12.6 Å². The summed E-state index contributed by atoms with van der Waals surface area (Å²) in [5, 5.41) is 2.94. The van der Waals surface area contributed by atoms with Crippen molar-refractivity contribution < 1.29 is 0 Å². The molecule has 2 atom stereocenters. The van der Waals surface area contributed by atoms with Gasteiger partial charge in [-0.1, -0.05) is 0 Å². The lowest BCUT2D eigenvalue weighted by atomic mass is 10.1. The molecule has 0 spiro atoms. The number of rotatable bonds is 0. The molecule has 47 valence electrons. The summed E-state index contributed by atoms with van der Waals surface area (Å²) in [7, 11) is 0. The van der Waals surface area contributed by atoms with Crippen LogP contribution in [0.2, 0.25) is 0 Å². The van der Waals surface area contributed by atoms with Crippen molar-refractivity contribution in [1.82, 2.24) is 5.32 Å². The minimum Gasteiger partial charge on any atom is -0.344 e. The van der Waals surface area contributed by atoms with Crippen molar-refractivity contribution in [2.75, 3.05) is 0 Å². The summed E-state index contributed by atoms with van der Waals surface area (Å²) in [6.45, 7) is 0. The van der Waals surface area contributed by atoms with Crippen LogP contribution in [0.25, 0.3) is 0 Å². The molecule has 0 fully saturated rings. The predicted molar refractivity (Wildman–Crippen MR) is 35.9 cm³/mol. The van der Waals surface area contributed by atoms with Gasteiger partial charge in [0.25, 0.3) is 0 Å². The standard InChI is InChI=1S/C6H8N3/c1-2-5-6(7-3-1)9-4-8-5/h3,5-6H,1-2H2,(H,8,9). The second-order valence-corrected chi connectivity index (χ2v) is 2.31. The van der Waals surface area contributed by atoms with E-state index in [1.807, 2.05) is 6.21 Å². The highest BCUT2D eigenvalue weighted by Crippen LogP contribution is 2.14. The summed E-state index contributed by atoms with van der Waals surface area (Å²) in [6, 6.07) is 0.370. The molecule has 0 aliphatic carbocycles. The first-order valence-corrected chi connectivity index (χ1v) is 3.19. The Morgan fingerprint density at radius 1 is 1.67 bits per heavy atom. The molecular formula is C6H8N3. The Morgan fingerprint density at radius 3 is 3.56 bits per heavy atom. The molecule has 3 nitrogen and oxygen atoms in total. The number of hydrogen-bond acceptors (Lipinski definition) is 3. The van der Waals surface area contributed by atoms with Gasteiger partial charge in [0, 0.05) is 6.21 Å². The zero-order valence-electron chi connectivity index (χ0n) is 5.04. The van der Waals surface area contributed by atoms with Crippen LogP contribution >= 0.6 is 0 Å². The quantitative estimate of drug-likeness (QED) is 0.484. The van der Waals surface area contributed by atoms with Crippen LogP contribution in [0.1, 0.15) is 12.8 Å². The Hall–Kier alpha value is -0.860. The summed E-state index contributed by atoms with van der Waals surface area (Å²) >= 11 is 0. The van der Waals surface area contributed by atoms with Crippen LogP contribution < -0.4 is 5.32 Å². The number of fused-ring (bicyclic) bond motifs is 1. The maximum absolute atomic E-state index is 4.20. The second-order valence-electron chi connectivity index (χ2n) is 2.31. The van der Waals surface area contributed by atoms with Gasteiger partial charge in [-0.15, -0.1) is 0 Å². The van der Waals surface area contributed by atoms with Crippen LogP contribution in [0.5, 0.6) is 0 Å². The average molecular weight is 122 g/mol. The normalized spacial score (nSPS) is 38.2. The van der Waals surface area contributed by atoms with Gasteiger partial charge in [0.05, 0.1) is 6.04 Å². The van der Waals surface area contributed by atoms with E-state index < -0.39 is 0 Å². The molecule has 2 rings (SSSR count). The summed E-state index contributed by atoms with van der Waals surface area (Å²) in [5.41, 5.74) is 0. The molecule has 2 aliphatic rings. The molecule has 1 radical (unpaired) electrons. The lowest BCUT2D eigenvalue weighted by Crippen LogP contribution is -2.32. The molecule has 0 amide bonds. The summed E-state index contributed by atoms with van der Waals surface area (Å²) in [4.78, 5) is 8.28. The van der Waals surface area contributed by atoms with Gasteiger partial charge in [0.1, 0.15) is 6.17 Å². The van der Waals surface area contributed by atoms with Crippen LogP contribution in [0.3, 0.4) is 0 Å². The summed E-state index contributed by atoms with van der Waals surface area (Å²) < 4.78 is 0. The second kappa shape index (κ2) is 1.83. The third-order valence-electron chi connectivity index (χ3n) is 1.66. The molecule has 0 saturated heterocycles. The molecule has 9 heavy (non-hydrogen) atoms. The van der Waals surface area contributed by atoms with Gasteiger partial charge in [0.15, 0.2) is 6.34 Å². The zero-order valence-corrected chi connectivity index (χ0v) is 5.04. The first-order chi connectivity index (χ1) is 4.47. The van der Waals surface area contributed by atoms with Gasteiger partial charge in [-0.3, -0.25) is 9.98 Å². The first-order valence-electron chi connectivity index (χ1n) is 3.19. The molecule has 0 aromatic rings. The van der Waals surface area contributed by atoms with E-state index in [1.165, 1.54) is 0 Å². The minimum atomic E-state index is 0.207. The fraction of sp³-hybridized carbons (Fsp3) is 0.667. The SMILES string of the molecule is [C]1=NC2CCC=NC2N1. The monoisotopic (exact) mass is 122 g/mol. The van der Waals surface area contributed by atoms with E-state index in [4.69, 9.17) is 0 Å². The van der Waals surface area contributed by atoms with Crippen LogP contribution in [0.4, 0.5) is 0 Å². The van der Waals surface area contributed by atoms with Crippen molar-refractivity contribution in [2.45, 2.75) is 25.0 Å². The fourth-order valence-corrected chi connectivity index (χ4v) is 1.15. The number of nitrogens with zero attached hydrogens (tertiary/aromatic N) is 2. The van der Waals surface area contributed by atoms with Gasteiger partial charge in [0.2, 0.25) is 0 Å². The van der Waals surface area contributed by atoms with E-state index >= 15 is 0 Å². The van der Waals surface area contributed by atoms with Crippen molar-refractivity contribution in [3.05, 3.63) is 0 Å². The van der Waals surface area contributed by atoms with E-state index in [2.05, 4.69) is 21.6 Å². The molecule has 2 unspecified atom stereocenters. The highest BCUT2D eigenvalue weighted by atomic mass is 15.2. The number of aliphatic imine (C=N–C) groups is 2. The fourth-order valence-electron chi connectivity index (χ4n) is 1.15. The van der Waals surface area contributed by atoms with Crippen LogP contribution in [0, 0.1) is 0 Å². The average Bonchev–Trinajstić information content (AvgIpc) is 2.33. The van der Waals surface area contributed by atoms with Crippen LogP contribution in [-0.2, 0) is 0 Å². The molecule has 1 N–H and O–H groups in total. The highest BCUT2D eigenvalue weighted by molar-refractivity contribution is 5.63. The van der Waals surface area contributed by atoms with Crippen molar-refractivity contribution in [3.63, 3.8) is 0 Å². The number of hydrogen-bond donors (Lipinski definition) is 1. The third-order valence-corrected chi connectivity index (χ3v) is 1.66. The molecular weight excluding hydrogens is 114 g/mol. The van der Waals surface area contributed by atoms with Crippen molar-refractivity contribution in [2.24, 2.45) is 9.98 Å². The lowest BCUT2D eigenvalue weighted by Gasteiger charge is -2.16. The topological polar surface area (TPSA) is 36.8 Å². The molecule has 2 heterocycles. The maximum atomic E-state index is 4.20. The Balaban J connectivity index is 2.16. The summed E-state index contributed by atoms with van der Waals surface area (Å²) in [5.74, 6) is 0. The Bertz CT molecular complexity index is 162. The third kappa shape index (κ3) is 0.724.